The number of nitrogens with two attached hydrogens (primary N) is 1. The molecule has 210 valence electrons. The van der Waals surface area contributed by atoms with E-state index in [2.05, 4.69) is 4.90 Å². The van der Waals surface area contributed by atoms with Gasteiger partial charge in [-0.05, 0) is 69.9 Å². The molecule has 0 aromatic heterocycles. The molecule has 11 nitrogen and oxygen atoms in total. The molecule has 0 saturated heterocycles. The highest BCUT2D eigenvalue weighted by atomic mass is 16.3. The highest BCUT2D eigenvalue weighted by Crippen LogP contribution is 2.53. The molecule has 4 aliphatic rings. The Labute approximate surface area is 226 Å². The van der Waals surface area contributed by atoms with E-state index in [1.54, 1.807) is 25.1 Å². The number of aromatic hydroxyl groups is 1. The van der Waals surface area contributed by atoms with Crippen LogP contribution in [0, 0.1) is 11.8 Å². The van der Waals surface area contributed by atoms with Crippen molar-refractivity contribution in [3.05, 3.63) is 45.4 Å². The number of Topliss-reactive ketones (excluding diaryl/α,β-unsaturated/α-hetero) is 2. The SMILES string of the molecule is CN(C)c1c(CN(C)C2CC2)cc(O)c2c1C[C@H]1C[C@H]3[C@H](N(C)C)C(O)=C(C(N)=O)C(=O)[C@@]3(O)C(O)=C1C2=O. The Hall–Kier alpha value is -3.41. The van der Waals surface area contributed by atoms with Gasteiger partial charge in [-0.2, -0.15) is 0 Å². The molecular weight excluding hydrogens is 504 g/mol. The molecule has 0 aliphatic heterocycles. The molecule has 1 aromatic rings. The van der Waals surface area contributed by atoms with Gasteiger partial charge in [-0.1, -0.05) is 0 Å². The molecule has 6 N–H and O–H groups in total. The zero-order chi connectivity index (χ0) is 28.7. The lowest BCUT2D eigenvalue weighted by molar-refractivity contribution is -0.148. The number of rotatable bonds is 6. The Bertz CT molecular complexity index is 1360. The van der Waals surface area contributed by atoms with E-state index < -0.39 is 58.0 Å². The predicted molar refractivity (Wildman–Crippen MR) is 142 cm³/mol. The van der Waals surface area contributed by atoms with Gasteiger partial charge in [0.05, 0.1) is 11.6 Å². The molecule has 1 amide bonds. The Morgan fingerprint density at radius 2 is 1.74 bits per heavy atom. The number of allylic oxidation sites excluding steroid dienone is 1. The van der Waals surface area contributed by atoms with Crippen molar-refractivity contribution in [3.63, 3.8) is 0 Å². The number of carbonyl (C=O) groups excluding carboxylic acids is 3. The van der Waals surface area contributed by atoms with E-state index in [4.69, 9.17) is 5.73 Å². The molecular formula is C28H36N4O7. The van der Waals surface area contributed by atoms with E-state index in [1.165, 1.54) is 0 Å². The van der Waals surface area contributed by atoms with Crippen molar-refractivity contribution in [2.75, 3.05) is 40.1 Å². The summed E-state index contributed by atoms with van der Waals surface area (Å²) in [5.41, 5.74) is 4.11. The van der Waals surface area contributed by atoms with Crippen LogP contribution in [0.15, 0.2) is 28.7 Å². The maximum absolute atomic E-state index is 13.9. The third kappa shape index (κ3) is 3.86. The van der Waals surface area contributed by atoms with E-state index in [0.29, 0.717) is 18.2 Å². The van der Waals surface area contributed by atoms with Crippen molar-refractivity contribution in [3.8, 4) is 5.75 Å². The number of hydrogen-bond donors (Lipinski definition) is 5. The molecule has 1 fully saturated rings. The van der Waals surface area contributed by atoms with Crippen molar-refractivity contribution in [1.82, 2.24) is 9.80 Å². The maximum Gasteiger partial charge on any atom is 0.255 e. The molecule has 0 radical (unpaired) electrons. The second-order valence-electron chi connectivity index (χ2n) is 11.8. The van der Waals surface area contributed by atoms with E-state index in [9.17, 15) is 34.8 Å². The molecule has 0 heterocycles. The Morgan fingerprint density at radius 1 is 1.10 bits per heavy atom. The van der Waals surface area contributed by atoms with Gasteiger partial charge in [0.15, 0.2) is 11.4 Å². The van der Waals surface area contributed by atoms with Crippen LogP contribution in [-0.4, -0.2) is 101 Å². The number of aliphatic hydroxyl groups excluding tert-OH is 2. The van der Waals surface area contributed by atoms with Gasteiger partial charge >= 0.3 is 0 Å². The van der Waals surface area contributed by atoms with Crippen molar-refractivity contribution in [2.45, 2.75) is 49.9 Å². The van der Waals surface area contributed by atoms with Gasteiger partial charge < -0.3 is 31.1 Å². The van der Waals surface area contributed by atoms with Gasteiger partial charge in [0.2, 0.25) is 5.78 Å². The number of nitrogens with zero attached hydrogens (tertiary/aromatic N) is 3. The number of primary amides is 1. The summed E-state index contributed by atoms with van der Waals surface area (Å²) in [6.07, 6.45) is 2.56. The first kappa shape index (κ1) is 27.2. The third-order valence-corrected chi connectivity index (χ3v) is 8.81. The summed E-state index contributed by atoms with van der Waals surface area (Å²) >= 11 is 0. The predicted octanol–water partition coefficient (Wildman–Crippen LogP) is 0.781. The zero-order valence-electron chi connectivity index (χ0n) is 22.9. The summed E-state index contributed by atoms with van der Waals surface area (Å²) < 4.78 is 0. The zero-order valence-corrected chi connectivity index (χ0v) is 22.9. The molecule has 4 aliphatic carbocycles. The number of anilines is 1. The van der Waals surface area contributed by atoms with Crippen LogP contribution in [0.5, 0.6) is 5.75 Å². The minimum Gasteiger partial charge on any atom is -0.510 e. The number of aliphatic hydroxyl groups is 3. The standard InChI is InChI=1S/C28H36N4O7/c1-30(2)21-13(11-32(5)14-6-7-14)10-17(33)19-15(21)8-12-9-16-22(31(3)4)24(35)20(27(29)38)26(37)28(16,39)25(36)18(12)23(19)34/h10,12,14,16,22,33,35-36,39H,6-9,11H2,1-5H3,(H2,29,38)/t12-,16-,22-,28-/m0/s1. The van der Waals surface area contributed by atoms with Crippen LogP contribution >= 0.6 is 0 Å². The number of amides is 1. The molecule has 0 bridgehead atoms. The van der Waals surface area contributed by atoms with Crippen molar-refractivity contribution < 1.29 is 34.8 Å². The van der Waals surface area contributed by atoms with E-state index in [-0.39, 0.29) is 29.7 Å². The molecule has 11 heteroatoms. The topological polar surface area (TPSA) is 168 Å². The second kappa shape index (κ2) is 9.07. The highest BCUT2D eigenvalue weighted by molar-refractivity contribution is 6.24. The fraction of sp³-hybridized carbons (Fsp3) is 0.536. The molecule has 0 spiro atoms. The average molecular weight is 541 g/mol. The normalized spacial score (nSPS) is 28.6. The summed E-state index contributed by atoms with van der Waals surface area (Å²) in [6, 6.07) is 1.04. The summed E-state index contributed by atoms with van der Waals surface area (Å²) in [4.78, 5) is 45.1. The van der Waals surface area contributed by atoms with E-state index in [0.717, 1.165) is 24.1 Å². The number of ketones is 2. The molecule has 39 heavy (non-hydrogen) atoms. The summed E-state index contributed by atoms with van der Waals surface area (Å²) in [6.45, 7) is 0.583. The largest absolute Gasteiger partial charge is 0.510 e. The van der Waals surface area contributed by atoms with Crippen LogP contribution in [0.1, 0.15) is 40.7 Å². The van der Waals surface area contributed by atoms with Gasteiger partial charge in [0.1, 0.15) is 22.8 Å². The Kier molecular flexibility index (Phi) is 6.32. The molecule has 0 unspecified atom stereocenters. The van der Waals surface area contributed by atoms with Crippen LogP contribution in [0.25, 0.3) is 0 Å². The van der Waals surface area contributed by atoms with Crippen LogP contribution in [0.4, 0.5) is 5.69 Å². The summed E-state index contributed by atoms with van der Waals surface area (Å²) in [7, 11) is 8.99. The maximum atomic E-state index is 13.9. The van der Waals surface area contributed by atoms with Gasteiger partial charge in [-0.3, -0.25) is 24.2 Å². The van der Waals surface area contributed by atoms with Gasteiger partial charge in [0.25, 0.3) is 5.91 Å². The smallest absolute Gasteiger partial charge is 0.255 e. The second-order valence-corrected chi connectivity index (χ2v) is 11.8. The highest BCUT2D eigenvalue weighted by Gasteiger charge is 2.63. The van der Waals surface area contributed by atoms with Crippen molar-refractivity contribution in [1.29, 1.82) is 0 Å². The minimum absolute atomic E-state index is 0.0253. The van der Waals surface area contributed by atoms with Crippen LogP contribution in [-0.2, 0) is 22.6 Å². The number of carbonyl (C=O) groups is 3. The molecule has 5 rings (SSSR count). The van der Waals surface area contributed by atoms with Crippen molar-refractivity contribution in [2.24, 2.45) is 17.6 Å². The number of phenols is 1. The van der Waals surface area contributed by atoms with E-state index >= 15 is 0 Å². The number of likely N-dealkylation sites (N-methyl/N-ethyl adjacent to an activating group) is 1. The summed E-state index contributed by atoms with van der Waals surface area (Å²) in [5.74, 6) is -6.49. The minimum atomic E-state index is -2.64. The number of hydrogen-bond acceptors (Lipinski definition) is 10. The summed E-state index contributed by atoms with van der Waals surface area (Å²) in [5, 5.41) is 45.1. The van der Waals surface area contributed by atoms with Gasteiger partial charge in [-0.15, -0.1) is 0 Å². The molecule has 4 atom stereocenters. The van der Waals surface area contributed by atoms with Crippen LogP contribution in [0.3, 0.4) is 0 Å². The lowest BCUT2D eigenvalue weighted by Gasteiger charge is -2.50. The average Bonchev–Trinajstić information content (AvgIpc) is 3.66. The molecule has 1 saturated carbocycles. The quantitative estimate of drug-likeness (QED) is 0.325. The first-order chi connectivity index (χ1) is 18.2. The van der Waals surface area contributed by atoms with Crippen LogP contribution in [0.2, 0.25) is 0 Å². The first-order valence-corrected chi connectivity index (χ1v) is 13.1. The Morgan fingerprint density at radius 3 is 2.28 bits per heavy atom. The van der Waals surface area contributed by atoms with Crippen molar-refractivity contribution >= 4 is 23.2 Å². The van der Waals surface area contributed by atoms with Gasteiger partial charge in [-0.25, -0.2) is 0 Å². The fourth-order valence-electron chi connectivity index (χ4n) is 6.97. The number of phenolic OH excluding ortho intramolecular Hbond substituents is 1. The lowest BCUT2D eigenvalue weighted by atomic mass is 9.58. The fourth-order valence-corrected chi connectivity index (χ4v) is 6.97. The molecule has 1 aromatic carbocycles. The van der Waals surface area contributed by atoms with E-state index in [1.807, 2.05) is 26.0 Å². The van der Waals surface area contributed by atoms with Gasteiger partial charge in [0, 0.05) is 43.9 Å². The number of fused-ring (bicyclic) bond motifs is 3. The monoisotopic (exact) mass is 540 g/mol. The third-order valence-electron chi connectivity index (χ3n) is 8.81. The van der Waals surface area contributed by atoms with Crippen LogP contribution < -0.4 is 10.6 Å². The lowest BCUT2D eigenvalue weighted by Crippen LogP contribution is -2.63. The Balaban J connectivity index is 1.68. The number of benzene rings is 1. The first-order valence-electron chi connectivity index (χ1n) is 13.1.